The van der Waals surface area contributed by atoms with E-state index in [9.17, 15) is 9.59 Å². The summed E-state index contributed by atoms with van der Waals surface area (Å²) in [4.78, 5) is 22.2. The zero-order valence-corrected chi connectivity index (χ0v) is 9.15. The fourth-order valence-electron chi connectivity index (χ4n) is 1.22. The lowest BCUT2D eigenvalue weighted by Gasteiger charge is -2.11. The molecule has 0 radical (unpaired) electrons. The van der Waals surface area contributed by atoms with Gasteiger partial charge in [0.25, 0.3) is 5.91 Å². The van der Waals surface area contributed by atoms with Gasteiger partial charge in [-0.2, -0.15) is 0 Å². The molecule has 0 aliphatic carbocycles. The number of aliphatic carboxylic acids is 1. The highest BCUT2D eigenvalue weighted by molar-refractivity contribution is 6.07. The van der Waals surface area contributed by atoms with Gasteiger partial charge in [-0.15, -0.1) is 0 Å². The van der Waals surface area contributed by atoms with E-state index in [1.54, 1.807) is 12.1 Å². The highest BCUT2D eigenvalue weighted by Gasteiger charge is 2.23. The van der Waals surface area contributed by atoms with Crippen molar-refractivity contribution < 1.29 is 14.7 Å². The molecule has 0 heterocycles. The van der Waals surface area contributed by atoms with Crippen LogP contribution in [0.25, 0.3) is 0 Å². The van der Waals surface area contributed by atoms with Crippen molar-refractivity contribution in [2.75, 3.05) is 12.4 Å². The van der Waals surface area contributed by atoms with Crippen LogP contribution in [0, 0.1) is 6.92 Å². The Morgan fingerprint density at radius 2 is 1.81 bits per heavy atom. The molecule has 0 aliphatic rings. The second-order valence-corrected chi connectivity index (χ2v) is 3.42. The van der Waals surface area contributed by atoms with Crippen molar-refractivity contribution in [3.63, 3.8) is 0 Å². The molecule has 1 rings (SSSR count). The standard InChI is InChI=1S/C11H14N2O3/c1-7-3-5-8(6-4-7)13-10(14)9(12-2)11(15)16/h3-6,9,12H,1-2H3,(H,13,14)(H,15,16). The highest BCUT2D eigenvalue weighted by atomic mass is 16.4. The topological polar surface area (TPSA) is 78.4 Å². The SMILES string of the molecule is CNC(C(=O)O)C(=O)Nc1ccc(C)cc1. The quantitative estimate of drug-likeness (QED) is 0.652. The van der Waals surface area contributed by atoms with Gasteiger partial charge in [-0.25, -0.2) is 4.79 Å². The number of rotatable bonds is 4. The lowest BCUT2D eigenvalue weighted by Crippen LogP contribution is -2.44. The molecule has 1 aromatic carbocycles. The van der Waals surface area contributed by atoms with Crippen molar-refractivity contribution in [3.05, 3.63) is 29.8 Å². The van der Waals surface area contributed by atoms with Crippen LogP contribution in [-0.4, -0.2) is 30.1 Å². The molecule has 1 unspecified atom stereocenters. The van der Waals surface area contributed by atoms with E-state index in [4.69, 9.17) is 5.11 Å². The van der Waals surface area contributed by atoms with Crippen LogP contribution in [-0.2, 0) is 9.59 Å². The van der Waals surface area contributed by atoms with E-state index in [0.29, 0.717) is 5.69 Å². The first kappa shape index (κ1) is 12.2. The monoisotopic (exact) mass is 222 g/mol. The van der Waals surface area contributed by atoms with Gasteiger partial charge in [0.2, 0.25) is 0 Å². The molecule has 86 valence electrons. The zero-order chi connectivity index (χ0) is 12.1. The number of hydrogen-bond donors (Lipinski definition) is 3. The number of carbonyl (C=O) groups excluding carboxylic acids is 1. The number of carboxylic acids is 1. The summed E-state index contributed by atoms with van der Waals surface area (Å²) in [7, 11) is 1.42. The second kappa shape index (κ2) is 5.27. The maximum Gasteiger partial charge on any atom is 0.330 e. The van der Waals surface area contributed by atoms with Gasteiger partial charge >= 0.3 is 5.97 Å². The summed E-state index contributed by atoms with van der Waals surface area (Å²) in [6.45, 7) is 1.93. The van der Waals surface area contributed by atoms with E-state index < -0.39 is 17.9 Å². The van der Waals surface area contributed by atoms with Crippen LogP contribution in [0.4, 0.5) is 5.69 Å². The van der Waals surface area contributed by atoms with Crippen LogP contribution in [0.1, 0.15) is 5.56 Å². The van der Waals surface area contributed by atoms with Gasteiger partial charge in [0.1, 0.15) is 0 Å². The van der Waals surface area contributed by atoms with Gasteiger partial charge in [0, 0.05) is 5.69 Å². The first-order valence-corrected chi connectivity index (χ1v) is 4.82. The Morgan fingerprint density at radius 1 is 1.25 bits per heavy atom. The first-order valence-electron chi connectivity index (χ1n) is 4.82. The van der Waals surface area contributed by atoms with Crippen molar-refractivity contribution in [2.24, 2.45) is 0 Å². The van der Waals surface area contributed by atoms with Crippen LogP contribution >= 0.6 is 0 Å². The van der Waals surface area contributed by atoms with Gasteiger partial charge < -0.3 is 10.4 Å². The predicted octanol–water partition coefficient (Wildman–Crippen LogP) is 0.606. The maximum absolute atomic E-state index is 11.5. The summed E-state index contributed by atoms with van der Waals surface area (Å²) in [5, 5.41) is 13.7. The Kier molecular flexibility index (Phi) is 4.02. The average Bonchev–Trinajstić information content (AvgIpc) is 2.22. The molecule has 1 atom stereocenters. The van der Waals surface area contributed by atoms with Crippen LogP contribution in [0.3, 0.4) is 0 Å². The van der Waals surface area contributed by atoms with Crippen molar-refractivity contribution >= 4 is 17.6 Å². The molecule has 0 fully saturated rings. The van der Waals surface area contributed by atoms with E-state index in [2.05, 4.69) is 10.6 Å². The summed E-state index contributed by atoms with van der Waals surface area (Å²) in [5.41, 5.74) is 1.65. The molecular weight excluding hydrogens is 208 g/mol. The normalized spacial score (nSPS) is 11.9. The Labute approximate surface area is 93.5 Å². The van der Waals surface area contributed by atoms with Crippen LogP contribution in [0.2, 0.25) is 0 Å². The number of anilines is 1. The summed E-state index contributed by atoms with van der Waals surface area (Å²) in [6, 6.07) is 5.89. The van der Waals surface area contributed by atoms with E-state index in [1.807, 2.05) is 19.1 Å². The molecule has 16 heavy (non-hydrogen) atoms. The molecule has 0 aromatic heterocycles. The Bertz CT molecular complexity index is 387. The Morgan fingerprint density at radius 3 is 2.25 bits per heavy atom. The van der Waals surface area contributed by atoms with Gasteiger partial charge in [0.05, 0.1) is 0 Å². The summed E-state index contributed by atoms with van der Waals surface area (Å²) in [6.07, 6.45) is 0. The molecule has 3 N–H and O–H groups in total. The largest absolute Gasteiger partial charge is 0.480 e. The van der Waals surface area contributed by atoms with Crippen LogP contribution in [0.5, 0.6) is 0 Å². The minimum atomic E-state index is -1.23. The summed E-state index contributed by atoms with van der Waals surface area (Å²) in [5.74, 6) is -1.79. The molecule has 0 saturated carbocycles. The van der Waals surface area contributed by atoms with Crippen molar-refractivity contribution in [1.29, 1.82) is 0 Å². The van der Waals surface area contributed by atoms with E-state index >= 15 is 0 Å². The number of carbonyl (C=O) groups is 2. The maximum atomic E-state index is 11.5. The van der Waals surface area contributed by atoms with Gasteiger partial charge in [0.15, 0.2) is 6.04 Å². The second-order valence-electron chi connectivity index (χ2n) is 3.42. The van der Waals surface area contributed by atoms with E-state index in [0.717, 1.165) is 5.56 Å². The predicted molar refractivity (Wildman–Crippen MR) is 60.3 cm³/mol. The molecule has 5 nitrogen and oxygen atoms in total. The molecule has 1 amide bonds. The Balaban J connectivity index is 2.70. The first-order chi connectivity index (χ1) is 7.54. The summed E-state index contributed by atoms with van der Waals surface area (Å²) < 4.78 is 0. The number of amides is 1. The van der Waals surface area contributed by atoms with E-state index in [1.165, 1.54) is 7.05 Å². The molecule has 5 heteroatoms. The smallest absolute Gasteiger partial charge is 0.330 e. The minimum Gasteiger partial charge on any atom is -0.480 e. The fraction of sp³-hybridized carbons (Fsp3) is 0.273. The number of aryl methyl sites for hydroxylation is 1. The third-order valence-corrected chi connectivity index (χ3v) is 2.12. The molecule has 0 bridgehead atoms. The van der Waals surface area contributed by atoms with Crippen LogP contribution in [0.15, 0.2) is 24.3 Å². The molecular formula is C11H14N2O3. The lowest BCUT2D eigenvalue weighted by molar-refractivity contribution is -0.142. The lowest BCUT2D eigenvalue weighted by atomic mass is 10.2. The van der Waals surface area contributed by atoms with Crippen molar-refractivity contribution in [2.45, 2.75) is 13.0 Å². The number of benzene rings is 1. The average molecular weight is 222 g/mol. The third-order valence-electron chi connectivity index (χ3n) is 2.12. The minimum absolute atomic E-state index is 0.581. The van der Waals surface area contributed by atoms with Crippen molar-refractivity contribution in [3.8, 4) is 0 Å². The molecule has 0 saturated heterocycles. The van der Waals surface area contributed by atoms with Crippen molar-refractivity contribution in [1.82, 2.24) is 5.32 Å². The number of carboxylic acid groups (broad SMARTS) is 1. The fourth-order valence-corrected chi connectivity index (χ4v) is 1.22. The van der Waals surface area contributed by atoms with E-state index in [-0.39, 0.29) is 0 Å². The molecule has 0 aliphatic heterocycles. The van der Waals surface area contributed by atoms with Gasteiger partial charge in [-0.1, -0.05) is 17.7 Å². The third kappa shape index (κ3) is 3.06. The van der Waals surface area contributed by atoms with Gasteiger partial charge in [-0.3, -0.25) is 10.1 Å². The zero-order valence-electron chi connectivity index (χ0n) is 9.15. The highest BCUT2D eigenvalue weighted by Crippen LogP contribution is 2.08. The summed E-state index contributed by atoms with van der Waals surface area (Å²) >= 11 is 0. The number of nitrogens with one attached hydrogen (secondary N) is 2. The molecule has 1 aromatic rings. The number of likely N-dealkylation sites (N-methyl/N-ethyl adjacent to an activating group) is 1. The number of hydrogen-bond acceptors (Lipinski definition) is 3. The van der Waals surface area contributed by atoms with Crippen LogP contribution < -0.4 is 10.6 Å². The Hall–Kier alpha value is -1.88. The van der Waals surface area contributed by atoms with Gasteiger partial charge in [-0.05, 0) is 26.1 Å². The molecule has 0 spiro atoms.